The molecule has 2 heterocycles. The van der Waals surface area contributed by atoms with Gasteiger partial charge in [0.05, 0.1) is 0 Å². The van der Waals surface area contributed by atoms with Crippen LogP contribution < -0.4 is 4.57 Å². The Morgan fingerprint density at radius 2 is 2.23 bits per heavy atom. The Labute approximate surface area is 85.9 Å². The van der Waals surface area contributed by atoms with E-state index in [9.17, 15) is 0 Å². The maximum Gasteiger partial charge on any atom is 0.176 e. The van der Waals surface area contributed by atoms with Crippen molar-refractivity contribution < 1.29 is 4.57 Å². The van der Waals surface area contributed by atoms with E-state index in [1.807, 2.05) is 13.2 Å². The van der Waals surface area contributed by atoms with Crippen molar-refractivity contribution in [2.45, 2.75) is 0 Å². The molecule has 0 fully saturated rings. The first-order valence-electron chi connectivity index (χ1n) is 4.01. The van der Waals surface area contributed by atoms with Crippen molar-refractivity contribution in [2.75, 3.05) is 0 Å². The number of hydrogen-bond donors (Lipinski definition) is 0. The average molecular weight is 208 g/mol. The first kappa shape index (κ1) is 8.91. The zero-order valence-electron chi connectivity index (χ0n) is 7.31. The standard InChI is InChI=1S/C10H10NS2/c1-11-5-2-3-9(7-11)10-4-6-12-13-8-10/h2-8H,1H3/q+1. The van der Waals surface area contributed by atoms with Crippen LogP contribution in [-0.4, -0.2) is 0 Å². The molecule has 3 heteroatoms. The van der Waals surface area contributed by atoms with Gasteiger partial charge in [0.15, 0.2) is 12.4 Å². The van der Waals surface area contributed by atoms with Crippen molar-refractivity contribution in [1.29, 1.82) is 0 Å². The summed E-state index contributed by atoms with van der Waals surface area (Å²) in [5, 5.41) is 4.30. The van der Waals surface area contributed by atoms with Crippen molar-refractivity contribution in [1.82, 2.24) is 0 Å². The molecule has 0 spiro atoms. The van der Waals surface area contributed by atoms with Crippen LogP contribution in [0.2, 0.25) is 0 Å². The Hall–Kier alpha value is -0.670. The van der Waals surface area contributed by atoms with Crippen molar-refractivity contribution in [3.63, 3.8) is 0 Å². The van der Waals surface area contributed by atoms with E-state index >= 15 is 0 Å². The molecule has 1 aliphatic heterocycles. The molecule has 0 aromatic carbocycles. The van der Waals surface area contributed by atoms with E-state index in [2.05, 4.69) is 39.8 Å². The molecule has 1 aromatic heterocycles. The minimum Gasteiger partial charge on any atom is -0.207 e. The Bertz CT molecular complexity index is 369. The van der Waals surface area contributed by atoms with Gasteiger partial charge in [-0.2, -0.15) is 0 Å². The van der Waals surface area contributed by atoms with E-state index in [1.54, 1.807) is 21.6 Å². The molecule has 0 radical (unpaired) electrons. The molecule has 1 aliphatic rings. The van der Waals surface area contributed by atoms with E-state index in [1.165, 1.54) is 11.1 Å². The number of allylic oxidation sites excluding steroid dienone is 2. The molecule has 0 N–H and O–H groups in total. The largest absolute Gasteiger partial charge is 0.207 e. The van der Waals surface area contributed by atoms with Gasteiger partial charge in [-0.15, -0.1) is 0 Å². The molecule has 0 aliphatic carbocycles. The molecular weight excluding hydrogens is 198 g/mol. The normalized spacial score (nSPS) is 15.6. The second-order valence-corrected chi connectivity index (χ2v) is 4.87. The zero-order valence-corrected chi connectivity index (χ0v) is 8.94. The Morgan fingerprint density at radius 1 is 1.31 bits per heavy atom. The fourth-order valence-corrected chi connectivity index (χ4v) is 2.65. The first-order chi connectivity index (χ1) is 6.36. The lowest BCUT2D eigenvalue weighted by atomic mass is 10.1. The fourth-order valence-electron chi connectivity index (χ4n) is 1.17. The Morgan fingerprint density at radius 3 is 2.92 bits per heavy atom. The monoisotopic (exact) mass is 208 g/mol. The lowest BCUT2D eigenvalue weighted by molar-refractivity contribution is -0.671. The third kappa shape index (κ3) is 2.17. The van der Waals surface area contributed by atoms with Crippen molar-refractivity contribution >= 4 is 27.2 Å². The summed E-state index contributed by atoms with van der Waals surface area (Å²) in [7, 11) is 5.55. The fraction of sp³-hybridized carbons (Fsp3) is 0.100. The lowest BCUT2D eigenvalue weighted by Gasteiger charge is -2.03. The first-order valence-corrected chi connectivity index (χ1v) is 6.28. The highest BCUT2D eigenvalue weighted by atomic mass is 33.1. The van der Waals surface area contributed by atoms with E-state index in [0.717, 1.165) is 0 Å². The molecule has 0 saturated heterocycles. The molecule has 13 heavy (non-hydrogen) atoms. The van der Waals surface area contributed by atoms with E-state index in [0.29, 0.717) is 0 Å². The smallest absolute Gasteiger partial charge is 0.176 e. The summed E-state index contributed by atoms with van der Waals surface area (Å²) in [5.74, 6) is 0. The van der Waals surface area contributed by atoms with Crippen LogP contribution in [0.1, 0.15) is 5.56 Å². The summed E-state index contributed by atoms with van der Waals surface area (Å²) in [5.41, 5.74) is 2.56. The van der Waals surface area contributed by atoms with Crippen molar-refractivity contribution in [3.8, 4) is 0 Å². The molecule has 1 aromatic rings. The minimum absolute atomic E-state index is 1.27. The van der Waals surface area contributed by atoms with Gasteiger partial charge in [0.1, 0.15) is 7.05 Å². The summed E-state index contributed by atoms with van der Waals surface area (Å²) < 4.78 is 2.07. The van der Waals surface area contributed by atoms with Gasteiger partial charge in [-0.25, -0.2) is 4.57 Å². The van der Waals surface area contributed by atoms with E-state index in [-0.39, 0.29) is 0 Å². The third-order valence-corrected chi connectivity index (χ3v) is 3.47. The SMILES string of the molecule is C[n+]1cccc(C2=CSSC=C2)c1. The summed E-state index contributed by atoms with van der Waals surface area (Å²) in [6.45, 7) is 0. The number of aromatic nitrogens is 1. The topological polar surface area (TPSA) is 3.88 Å². The van der Waals surface area contributed by atoms with Crippen LogP contribution in [0.3, 0.4) is 0 Å². The van der Waals surface area contributed by atoms with Gasteiger partial charge in [0.2, 0.25) is 0 Å². The van der Waals surface area contributed by atoms with Crippen LogP contribution in [-0.2, 0) is 7.05 Å². The molecule has 0 saturated carbocycles. The predicted molar refractivity (Wildman–Crippen MR) is 59.9 cm³/mol. The molecule has 0 amide bonds. The number of pyridine rings is 1. The van der Waals surface area contributed by atoms with Gasteiger partial charge in [0.25, 0.3) is 0 Å². The zero-order chi connectivity index (χ0) is 9.10. The third-order valence-electron chi connectivity index (χ3n) is 1.81. The number of hydrogen-bond acceptors (Lipinski definition) is 2. The van der Waals surface area contributed by atoms with Gasteiger partial charge in [-0.1, -0.05) is 21.6 Å². The maximum atomic E-state index is 2.18. The Kier molecular flexibility index (Phi) is 2.76. The summed E-state index contributed by atoms with van der Waals surface area (Å²) in [6.07, 6.45) is 6.32. The molecule has 0 atom stereocenters. The molecule has 0 bridgehead atoms. The van der Waals surface area contributed by atoms with Crippen LogP contribution in [0, 0.1) is 0 Å². The van der Waals surface area contributed by atoms with Crippen molar-refractivity contribution in [2.24, 2.45) is 7.05 Å². The average Bonchev–Trinajstić information content (AvgIpc) is 2.19. The summed E-state index contributed by atoms with van der Waals surface area (Å²) in [6, 6.07) is 4.20. The number of rotatable bonds is 1. The van der Waals surface area contributed by atoms with Crippen LogP contribution in [0.15, 0.2) is 41.4 Å². The van der Waals surface area contributed by atoms with Crippen LogP contribution >= 0.6 is 21.6 Å². The summed E-state index contributed by atoms with van der Waals surface area (Å²) >= 11 is 0. The molecule has 0 unspecified atom stereocenters. The second kappa shape index (κ2) is 4.03. The van der Waals surface area contributed by atoms with Gasteiger partial charge in [0, 0.05) is 11.6 Å². The highest BCUT2D eigenvalue weighted by molar-refractivity contribution is 8.79. The van der Waals surface area contributed by atoms with Gasteiger partial charge >= 0.3 is 0 Å². The van der Waals surface area contributed by atoms with Gasteiger partial charge in [-0.3, -0.25) is 0 Å². The highest BCUT2D eigenvalue weighted by Crippen LogP contribution is 2.33. The predicted octanol–water partition coefficient (Wildman–Crippen LogP) is 2.76. The van der Waals surface area contributed by atoms with Crippen molar-refractivity contribution in [3.05, 3.63) is 47.0 Å². The highest BCUT2D eigenvalue weighted by Gasteiger charge is 2.04. The minimum atomic E-state index is 1.27. The molecule has 66 valence electrons. The number of aryl methyl sites for hydroxylation is 1. The van der Waals surface area contributed by atoms with Gasteiger partial charge < -0.3 is 0 Å². The number of nitrogens with zero attached hydrogens (tertiary/aromatic N) is 1. The summed E-state index contributed by atoms with van der Waals surface area (Å²) in [4.78, 5) is 0. The lowest BCUT2D eigenvalue weighted by Crippen LogP contribution is -2.26. The van der Waals surface area contributed by atoms with E-state index < -0.39 is 0 Å². The van der Waals surface area contributed by atoms with Gasteiger partial charge in [-0.05, 0) is 28.5 Å². The van der Waals surface area contributed by atoms with Crippen LogP contribution in [0.25, 0.3) is 5.57 Å². The Balaban J connectivity index is 2.35. The quantitative estimate of drug-likeness (QED) is 0.516. The molecule has 1 nitrogen and oxygen atoms in total. The van der Waals surface area contributed by atoms with E-state index in [4.69, 9.17) is 0 Å². The second-order valence-electron chi connectivity index (χ2n) is 2.83. The van der Waals surface area contributed by atoms with Crippen LogP contribution in [0.4, 0.5) is 0 Å². The van der Waals surface area contributed by atoms with Crippen LogP contribution in [0.5, 0.6) is 0 Å². The molecule has 2 rings (SSSR count). The maximum absolute atomic E-state index is 2.18. The molecular formula is C10H10NS2+.